The summed E-state index contributed by atoms with van der Waals surface area (Å²) >= 11 is 3.50. The van der Waals surface area contributed by atoms with E-state index >= 15 is 0 Å². The first-order chi connectivity index (χ1) is 9.74. The number of aliphatic hydroxyl groups is 1. The third-order valence-electron chi connectivity index (χ3n) is 3.05. The van der Waals surface area contributed by atoms with E-state index in [0.717, 1.165) is 21.3 Å². The van der Waals surface area contributed by atoms with E-state index in [2.05, 4.69) is 21.2 Å². The zero-order chi connectivity index (χ0) is 14.4. The van der Waals surface area contributed by atoms with E-state index in [1.807, 2.05) is 48.5 Å². The maximum absolute atomic E-state index is 9.64. The Kier molecular flexibility index (Phi) is 5.59. The van der Waals surface area contributed by atoms with E-state index in [9.17, 15) is 5.11 Å². The Bertz CT molecular complexity index is 560. The number of benzene rings is 2. The molecule has 106 valence electrons. The molecule has 0 fully saturated rings. The zero-order valence-electron chi connectivity index (χ0n) is 11.3. The second-order valence-electron chi connectivity index (χ2n) is 4.54. The molecule has 0 spiro atoms. The van der Waals surface area contributed by atoms with Gasteiger partial charge in [0.15, 0.2) is 0 Å². The molecule has 0 saturated carbocycles. The van der Waals surface area contributed by atoms with Gasteiger partial charge >= 0.3 is 0 Å². The van der Waals surface area contributed by atoms with E-state index < -0.39 is 0 Å². The number of ether oxygens (including phenoxy) is 1. The molecule has 4 heteroatoms. The molecule has 0 aliphatic heterocycles. The molecule has 20 heavy (non-hydrogen) atoms. The molecule has 0 amide bonds. The predicted octanol–water partition coefficient (Wildman–Crippen LogP) is 3.74. The van der Waals surface area contributed by atoms with E-state index in [1.54, 1.807) is 7.11 Å². The minimum absolute atomic E-state index is 0.0256. The third-order valence-corrected chi connectivity index (χ3v) is 3.74. The fraction of sp³-hybridized carbons (Fsp3) is 0.250. The lowest BCUT2D eigenvalue weighted by atomic mass is 10.0. The van der Waals surface area contributed by atoms with Gasteiger partial charge in [-0.3, -0.25) is 0 Å². The molecule has 0 aromatic heterocycles. The molecule has 2 aromatic rings. The van der Waals surface area contributed by atoms with Crippen molar-refractivity contribution in [2.24, 2.45) is 0 Å². The van der Waals surface area contributed by atoms with Crippen LogP contribution in [-0.4, -0.2) is 18.8 Å². The van der Waals surface area contributed by atoms with Crippen molar-refractivity contribution in [2.45, 2.75) is 12.6 Å². The van der Waals surface area contributed by atoms with Crippen LogP contribution in [0.4, 0.5) is 5.69 Å². The number of rotatable bonds is 6. The van der Waals surface area contributed by atoms with Gasteiger partial charge in [-0.25, -0.2) is 0 Å². The quantitative estimate of drug-likeness (QED) is 0.844. The lowest BCUT2D eigenvalue weighted by molar-refractivity contribution is 0.184. The first-order valence-electron chi connectivity index (χ1n) is 6.44. The van der Waals surface area contributed by atoms with Gasteiger partial charge in [0.25, 0.3) is 0 Å². The molecule has 2 aromatic carbocycles. The van der Waals surface area contributed by atoms with Gasteiger partial charge in [0, 0.05) is 17.3 Å². The van der Waals surface area contributed by atoms with Crippen molar-refractivity contribution in [3.05, 3.63) is 64.1 Å². The van der Waals surface area contributed by atoms with Crippen molar-refractivity contribution >= 4 is 21.6 Å². The van der Waals surface area contributed by atoms with Crippen LogP contribution in [0.2, 0.25) is 0 Å². The number of aliphatic hydroxyl groups excluding tert-OH is 1. The highest BCUT2D eigenvalue weighted by Gasteiger charge is 2.12. The lowest BCUT2D eigenvalue weighted by Gasteiger charge is -2.19. The fourth-order valence-electron chi connectivity index (χ4n) is 2.07. The molecule has 3 nitrogen and oxygen atoms in total. The zero-order valence-corrected chi connectivity index (χ0v) is 12.9. The van der Waals surface area contributed by atoms with Gasteiger partial charge in [-0.05, 0) is 39.2 Å². The smallest absolute Gasteiger partial charge is 0.0745 e. The SMILES string of the molecule is COCc1cccc(C(CO)Nc2ccccc2Br)c1. The highest BCUT2D eigenvalue weighted by atomic mass is 79.9. The first-order valence-corrected chi connectivity index (χ1v) is 7.23. The number of methoxy groups -OCH3 is 1. The van der Waals surface area contributed by atoms with Crippen molar-refractivity contribution < 1.29 is 9.84 Å². The van der Waals surface area contributed by atoms with Crippen LogP contribution in [0.25, 0.3) is 0 Å². The lowest BCUT2D eigenvalue weighted by Crippen LogP contribution is -2.15. The highest BCUT2D eigenvalue weighted by molar-refractivity contribution is 9.10. The monoisotopic (exact) mass is 335 g/mol. The van der Waals surface area contributed by atoms with E-state index in [4.69, 9.17) is 4.74 Å². The first kappa shape index (κ1) is 15.0. The van der Waals surface area contributed by atoms with Gasteiger partial charge in [0.1, 0.15) is 0 Å². The molecular weight excluding hydrogens is 318 g/mol. The van der Waals surface area contributed by atoms with Crippen molar-refractivity contribution in [3.8, 4) is 0 Å². The average Bonchev–Trinajstić information content (AvgIpc) is 2.47. The van der Waals surface area contributed by atoms with Gasteiger partial charge in [0.2, 0.25) is 0 Å². The number of hydrogen-bond donors (Lipinski definition) is 2. The van der Waals surface area contributed by atoms with Crippen LogP contribution in [0.1, 0.15) is 17.2 Å². The summed E-state index contributed by atoms with van der Waals surface area (Å²) in [5, 5.41) is 13.0. The number of nitrogens with one attached hydrogen (secondary N) is 1. The van der Waals surface area contributed by atoms with E-state index in [1.165, 1.54) is 0 Å². The molecule has 2 N–H and O–H groups in total. The maximum Gasteiger partial charge on any atom is 0.0745 e. The topological polar surface area (TPSA) is 41.5 Å². The Morgan fingerprint density at radius 2 is 2.00 bits per heavy atom. The largest absolute Gasteiger partial charge is 0.394 e. The molecule has 0 saturated heterocycles. The molecule has 1 atom stereocenters. The molecule has 2 rings (SSSR count). The van der Waals surface area contributed by atoms with Gasteiger partial charge in [-0.2, -0.15) is 0 Å². The van der Waals surface area contributed by atoms with Crippen molar-refractivity contribution in [3.63, 3.8) is 0 Å². The highest BCUT2D eigenvalue weighted by Crippen LogP contribution is 2.26. The van der Waals surface area contributed by atoms with Crippen LogP contribution in [0.15, 0.2) is 53.0 Å². The average molecular weight is 336 g/mol. The molecular formula is C16H18BrNO2. The Balaban J connectivity index is 2.20. The standard InChI is InChI=1S/C16H18BrNO2/c1-20-11-12-5-4-6-13(9-12)16(10-19)18-15-8-3-2-7-14(15)17/h2-9,16,18-19H,10-11H2,1H3. The molecule has 0 aliphatic rings. The van der Waals surface area contributed by atoms with Crippen LogP contribution in [0.5, 0.6) is 0 Å². The summed E-state index contributed by atoms with van der Waals surface area (Å²) in [6.45, 7) is 0.596. The van der Waals surface area contributed by atoms with Crippen LogP contribution >= 0.6 is 15.9 Å². The van der Waals surface area contributed by atoms with Gasteiger partial charge in [-0.1, -0.05) is 36.4 Å². The number of hydrogen-bond acceptors (Lipinski definition) is 3. The van der Waals surface area contributed by atoms with Crippen LogP contribution in [0.3, 0.4) is 0 Å². The summed E-state index contributed by atoms with van der Waals surface area (Å²) in [6.07, 6.45) is 0. The Labute approximate surface area is 127 Å². The summed E-state index contributed by atoms with van der Waals surface area (Å²) in [6, 6.07) is 15.8. The minimum atomic E-state index is -0.148. The fourth-order valence-corrected chi connectivity index (χ4v) is 2.47. The molecule has 0 bridgehead atoms. The van der Waals surface area contributed by atoms with Crippen molar-refractivity contribution in [2.75, 3.05) is 19.0 Å². The van der Waals surface area contributed by atoms with Gasteiger partial charge in [0.05, 0.1) is 19.3 Å². The normalized spacial score (nSPS) is 12.2. The summed E-state index contributed by atoms with van der Waals surface area (Å²) in [7, 11) is 1.68. The summed E-state index contributed by atoms with van der Waals surface area (Å²) in [5.74, 6) is 0. The number of halogens is 1. The molecule has 0 aliphatic carbocycles. The molecule has 1 unspecified atom stereocenters. The van der Waals surface area contributed by atoms with Crippen molar-refractivity contribution in [1.82, 2.24) is 0 Å². The Hall–Kier alpha value is -1.36. The van der Waals surface area contributed by atoms with Crippen LogP contribution < -0.4 is 5.32 Å². The second kappa shape index (κ2) is 7.43. The number of para-hydroxylation sites is 1. The minimum Gasteiger partial charge on any atom is -0.394 e. The summed E-state index contributed by atoms with van der Waals surface area (Å²) in [4.78, 5) is 0. The molecule has 0 heterocycles. The van der Waals surface area contributed by atoms with E-state index in [-0.39, 0.29) is 12.6 Å². The van der Waals surface area contributed by atoms with Gasteiger partial charge < -0.3 is 15.2 Å². The van der Waals surface area contributed by atoms with Crippen molar-refractivity contribution in [1.29, 1.82) is 0 Å². The van der Waals surface area contributed by atoms with Crippen LogP contribution in [-0.2, 0) is 11.3 Å². The predicted molar refractivity (Wildman–Crippen MR) is 84.7 cm³/mol. The Morgan fingerprint density at radius 3 is 2.70 bits per heavy atom. The van der Waals surface area contributed by atoms with Crippen LogP contribution in [0, 0.1) is 0 Å². The third kappa shape index (κ3) is 3.82. The number of anilines is 1. The summed E-state index contributed by atoms with van der Waals surface area (Å²) in [5.41, 5.74) is 3.10. The second-order valence-corrected chi connectivity index (χ2v) is 5.39. The maximum atomic E-state index is 9.64. The summed E-state index contributed by atoms with van der Waals surface area (Å²) < 4.78 is 6.12. The molecule has 0 radical (unpaired) electrons. The van der Waals surface area contributed by atoms with Gasteiger partial charge in [-0.15, -0.1) is 0 Å². The Morgan fingerprint density at radius 1 is 1.20 bits per heavy atom. The van der Waals surface area contributed by atoms with E-state index in [0.29, 0.717) is 6.61 Å².